The van der Waals surface area contributed by atoms with Crippen molar-refractivity contribution in [2.75, 3.05) is 11.5 Å². The number of imide groups is 1. The van der Waals surface area contributed by atoms with Gasteiger partial charge in [-0.2, -0.15) is 4.90 Å². The van der Waals surface area contributed by atoms with E-state index in [1.807, 2.05) is 18.2 Å². The molecule has 1 atom stereocenters. The van der Waals surface area contributed by atoms with Crippen molar-refractivity contribution in [3.63, 3.8) is 0 Å². The number of nitrogens with two attached hydrogens (primary N) is 1. The molecule has 9 nitrogen and oxygen atoms in total. The molecule has 2 amide bonds. The lowest BCUT2D eigenvalue weighted by atomic mass is 10.0. The van der Waals surface area contributed by atoms with Crippen LogP contribution in [-0.2, 0) is 19.0 Å². The van der Waals surface area contributed by atoms with E-state index in [1.165, 1.54) is 0 Å². The van der Waals surface area contributed by atoms with Gasteiger partial charge in [0, 0.05) is 5.56 Å². The Labute approximate surface area is 200 Å². The maximum Gasteiger partial charge on any atom is 0.425 e. The van der Waals surface area contributed by atoms with Crippen molar-refractivity contribution in [2.24, 2.45) is 5.73 Å². The number of aromatic nitrogens is 1. The fourth-order valence-electron chi connectivity index (χ4n) is 2.87. The van der Waals surface area contributed by atoms with Gasteiger partial charge >= 0.3 is 18.2 Å². The summed E-state index contributed by atoms with van der Waals surface area (Å²) in [5, 5.41) is 0. The highest BCUT2D eigenvalue weighted by molar-refractivity contribution is 6.11. The molecule has 0 aliphatic carbocycles. The smallest absolute Gasteiger partial charge is 0.425 e. The van der Waals surface area contributed by atoms with Crippen molar-refractivity contribution in [1.29, 1.82) is 0 Å². The Balaban J connectivity index is 2.73. The SMILES string of the molecule is CCOC(=O)C(N)c1ccc(-c2ccccc2)c(N(C(=O)OC(C)(C)C)C(=O)OC(C)(C)C)n1. The van der Waals surface area contributed by atoms with E-state index in [1.54, 1.807) is 72.7 Å². The second-order valence-electron chi connectivity index (χ2n) is 9.50. The zero-order valence-electron chi connectivity index (χ0n) is 20.7. The van der Waals surface area contributed by atoms with Gasteiger partial charge in [0.2, 0.25) is 0 Å². The number of nitrogens with zero attached hydrogens (tertiary/aromatic N) is 2. The largest absolute Gasteiger partial charge is 0.465 e. The van der Waals surface area contributed by atoms with Crippen LogP contribution in [0.2, 0.25) is 0 Å². The fraction of sp³-hybridized carbons (Fsp3) is 0.440. The summed E-state index contributed by atoms with van der Waals surface area (Å²) in [6.45, 7) is 11.9. The molecule has 2 aromatic rings. The van der Waals surface area contributed by atoms with Gasteiger partial charge in [0.05, 0.1) is 12.3 Å². The molecule has 1 aromatic heterocycles. The van der Waals surface area contributed by atoms with Crippen LogP contribution in [0.4, 0.5) is 15.4 Å². The fourth-order valence-corrected chi connectivity index (χ4v) is 2.87. The highest BCUT2D eigenvalue weighted by Gasteiger charge is 2.36. The predicted molar refractivity (Wildman–Crippen MR) is 128 cm³/mol. The molecule has 1 unspecified atom stereocenters. The minimum Gasteiger partial charge on any atom is -0.465 e. The molecule has 0 saturated heterocycles. The van der Waals surface area contributed by atoms with Crippen molar-refractivity contribution in [1.82, 2.24) is 4.98 Å². The molecule has 1 aromatic carbocycles. The standard InChI is InChI=1S/C25H33N3O6/c1-8-32-21(29)19(26)18-15-14-17(16-12-10-9-11-13-16)20(27-18)28(22(30)33-24(2,3)4)23(31)34-25(5,6)7/h9-15,19H,8,26H2,1-7H3. The van der Waals surface area contributed by atoms with Gasteiger partial charge in [-0.05, 0) is 66.2 Å². The van der Waals surface area contributed by atoms with Gasteiger partial charge in [0.25, 0.3) is 0 Å². The van der Waals surface area contributed by atoms with E-state index >= 15 is 0 Å². The quantitative estimate of drug-likeness (QED) is 0.478. The summed E-state index contributed by atoms with van der Waals surface area (Å²) in [4.78, 5) is 43.9. The number of anilines is 1. The first-order valence-corrected chi connectivity index (χ1v) is 11.0. The molecule has 34 heavy (non-hydrogen) atoms. The molecular weight excluding hydrogens is 438 g/mol. The summed E-state index contributed by atoms with van der Waals surface area (Å²) in [6.07, 6.45) is -1.96. The lowest BCUT2D eigenvalue weighted by Crippen LogP contribution is -2.44. The highest BCUT2D eigenvalue weighted by atomic mass is 16.6. The Bertz CT molecular complexity index is 997. The molecule has 9 heteroatoms. The van der Waals surface area contributed by atoms with E-state index < -0.39 is 35.4 Å². The molecule has 0 radical (unpaired) electrons. The van der Waals surface area contributed by atoms with Gasteiger partial charge in [-0.3, -0.25) is 0 Å². The average molecular weight is 472 g/mol. The first-order chi connectivity index (χ1) is 15.7. The average Bonchev–Trinajstić information content (AvgIpc) is 2.71. The van der Waals surface area contributed by atoms with Crippen LogP contribution in [0.5, 0.6) is 0 Å². The number of carbonyl (C=O) groups excluding carboxylic acids is 3. The van der Waals surface area contributed by atoms with Crippen LogP contribution in [0, 0.1) is 0 Å². The third kappa shape index (κ3) is 7.28. The summed E-state index contributed by atoms with van der Waals surface area (Å²) in [6, 6.07) is 11.0. The topological polar surface area (TPSA) is 121 Å². The van der Waals surface area contributed by atoms with Crippen LogP contribution in [0.25, 0.3) is 11.1 Å². The second-order valence-corrected chi connectivity index (χ2v) is 9.50. The lowest BCUT2D eigenvalue weighted by molar-refractivity contribution is -0.144. The predicted octanol–water partition coefficient (Wildman–Crippen LogP) is 4.99. The molecule has 2 N–H and O–H groups in total. The van der Waals surface area contributed by atoms with Crippen molar-refractivity contribution >= 4 is 24.0 Å². The van der Waals surface area contributed by atoms with E-state index in [-0.39, 0.29) is 18.1 Å². The number of hydrogen-bond acceptors (Lipinski definition) is 8. The number of carbonyl (C=O) groups is 3. The van der Waals surface area contributed by atoms with Crippen molar-refractivity contribution in [3.05, 3.63) is 48.2 Å². The van der Waals surface area contributed by atoms with Crippen LogP contribution in [0.1, 0.15) is 60.2 Å². The minimum atomic E-state index is -1.22. The Morgan fingerprint density at radius 3 is 1.91 bits per heavy atom. The van der Waals surface area contributed by atoms with Gasteiger partial charge in [0.1, 0.15) is 17.2 Å². The van der Waals surface area contributed by atoms with Crippen LogP contribution in [0.3, 0.4) is 0 Å². The summed E-state index contributed by atoms with van der Waals surface area (Å²) in [5.41, 5.74) is 5.49. The van der Waals surface area contributed by atoms with Gasteiger partial charge in [-0.25, -0.2) is 19.4 Å². The van der Waals surface area contributed by atoms with Crippen molar-refractivity contribution in [2.45, 2.75) is 65.7 Å². The van der Waals surface area contributed by atoms with E-state index in [0.29, 0.717) is 11.1 Å². The summed E-state index contributed by atoms with van der Waals surface area (Å²) < 4.78 is 16.0. The molecule has 0 bridgehead atoms. The van der Waals surface area contributed by atoms with Crippen molar-refractivity contribution < 1.29 is 28.6 Å². The highest BCUT2D eigenvalue weighted by Crippen LogP contribution is 2.33. The van der Waals surface area contributed by atoms with E-state index in [0.717, 1.165) is 4.90 Å². The summed E-state index contributed by atoms with van der Waals surface area (Å²) in [5.74, 6) is -0.763. The normalized spacial score (nSPS) is 12.5. The molecule has 2 rings (SSSR count). The first kappa shape index (κ1) is 26.8. The minimum absolute atomic E-state index is 0.0769. The number of benzene rings is 1. The van der Waals surface area contributed by atoms with E-state index in [2.05, 4.69) is 4.98 Å². The number of hydrogen-bond donors (Lipinski definition) is 1. The molecule has 0 aliphatic rings. The molecule has 1 heterocycles. The number of amides is 2. The van der Waals surface area contributed by atoms with Crippen LogP contribution >= 0.6 is 0 Å². The van der Waals surface area contributed by atoms with E-state index in [9.17, 15) is 14.4 Å². The number of ether oxygens (including phenoxy) is 3. The van der Waals surface area contributed by atoms with Gasteiger partial charge < -0.3 is 19.9 Å². The van der Waals surface area contributed by atoms with Crippen LogP contribution < -0.4 is 10.6 Å². The zero-order chi connectivity index (χ0) is 25.7. The number of esters is 1. The second kappa shape index (κ2) is 10.6. The Morgan fingerprint density at radius 2 is 1.44 bits per heavy atom. The molecule has 184 valence electrons. The number of pyridine rings is 1. The Kier molecular flexibility index (Phi) is 8.39. The molecule has 0 saturated carbocycles. The molecule has 0 spiro atoms. The van der Waals surface area contributed by atoms with Crippen molar-refractivity contribution in [3.8, 4) is 11.1 Å². The Hall–Kier alpha value is -3.46. The van der Waals surface area contributed by atoms with Crippen LogP contribution in [0.15, 0.2) is 42.5 Å². The van der Waals surface area contributed by atoms with Gasteiger partial charge in [-0.15, -0.1) is 0 Å². The zero-order valence-corrected chi connectivity index (χ0v) is 20.7. The van der Waals surface area contributed by atoms with Gasteiger partial charge in [0.15, 0.2) is 5.82 Å². The summed E-state index contributed by atoms with van der Waals surface area (Å²) >= 11 is 0. The molecule has 0 aliphatic heterocycles. The number of rotatable bonds is 5. The maximum absolute atomic E-state index is 13.2. The monoisotopic (exact) mass is 471 g/mol. The van der Waals surface area contributed by atoms with E-state index in [4.69, 9.17) is 19.9 Å². The third-order valence-corrected chi connectivity index (χ3v) is 4.20. The van der Waals surface area contributed by atoms with Gasteiger partial charge in [-0.1, -0.05) is 30.3 Å². The van der Waals surface area contributed by atoms with Crippen LogP contribution in [-0.4, -0.2) is 40.9 Å². The summed E-state index contributed by atoms with van der Waals surface area (Å²) in [7, 11) is 0. The molecular formula is C25H33N3O6. The molecule has 0 fully saturated rings. The maximum atomic E-state index is 13.2. The first-order valence-electron chi connectivity index (χ1n) is 11.0. The third-order valence-electron chi connectivity index (χ3n) is 4.20. The Morgan fingerprint density at radius 1 is 0.912 bits per heavy atom. The lowest BCUT2D eigenvalue weighted by Gasteiger charge is -2.29.